The summed E-state index contributed by atoms with van der Waals surface area (Å²) in [5, 5.41) is 9.09. The number of nitrogens with zero attached hydrogens (tertiary/aromatic N) is 4. The van der Waals surface area contributed by atoms with Gasteiger partial charge in [0.05, 0.1) is 16.8 Å². The van der Waals surface area contributed by atoms with Gasteiger partial charge in [0, 0.05) is 13.2 Å². The van der Waals surface area contributed by atoms with Gasteiger partial charge in [-0.2, -0.15) is 0 Å². The molecule has 0 aliphatic carbocycles. The minimum atomic E-state index is -0.445. The van der Waals surface area contributed by atoms with Crippen LogP contribution >= 0.6 is 23.5 Å². The highest BCUT2D eigenvalue weighted by Crippen LogP contribution is 2.32. The van der Waals surface area contributed by atoms with Crippen molar-refractivity contribution < 1.29 is 14.7 Å². The van der Waals surface area contributed by atoms with Gasteiger partial charge in [0.15, 0.2) is 10.8 Å². The standard InChI is InChI=1S/C17H26N6O3S2/c1-3-10(13(18)25)27-16-12-15(23(9-20-12)7-5-6-8-24)21-17(22-16)28-11(4-2)14(19)26/h9-11,24H,3-8H2,1-2H3,(H2,18,25)(H2,19,26). The summed E-state index contributed by atoms with van der Waals surface area (Å²) in [5.41, 5.74) is 12.2. The van der Waals surface area contributed by atoms with Crippen molar-refractivity contribution in [2.24, 2.45) is 11.5 Å². The molecule has 0 aliphatic heterocycles. The van der Waals surface area contributed by atoms with Gasteiger partial charge < -0.3 is 21.1 Å². The van der Waals surface area contributed by atoms with Crippen LogP contribution in [0.3, 0.4) is 0 Å². The summed E-state index contributed by atoms with van der Waals surface area (Å²) in [4.78, 5) is 36.8. The zero-order valence-corrected chi connectivity index (χ0v) is 17.6. The second-order valence-electron chi connectivity index (χ2n) is 6.19. The van der Waals surface area contributed by atoms with Crippen LogP contribution in [0.1, 0.15) is 39.5 Å². The number of hydrogen-bond donors (Lipinski definition) is 3. The van der Waals surface area contributed by atoms with E-state index in [9.17, 15) is 9.59 Å². The summed E-state index contributed by atoms with van der Waals surface area (Å²) in [6.07, 6.45) is 4.23. The van der Waals surface area contributed by atoms with Crippen LogP contribution in [0.25, 0.3) is 11.2 Å². The fraction of sp³-hybridized carbons (Fsp3) is 0.588. The molecule has 0 fully saturated rings. The third-order valence-corrected chi connectivity index (χ3v) is 6.70. The lowest BCUT2D eigenvalue weighted by atomic mass is 10.3. The largest absolute Gasteiger partial charge is 0.396 e. The van der Waals surface area contributed by atoms with Gasteiger partial charge in [-0.15, -0.1) is 0 Å². The van der Waals surface area contributed by atoms with Crippen molar-refractivity contribution >= 4 is 46.5 Å². The van der Waals surface area contributed by atoms with E-state index in [1.165, 1.54) is 23.5 Å². The lowest BCUT2D eigenvalue weighted by molar-refractivity contribution is -0.118. The van der Waals surface area contributed by atoms with Crippen LogP contribution in [0, 0.1) is 0 Å². The van der Waals surface area contributed by atoms with Crippen LogP contribution in [-0.4, -0.2) is 53.5 Å². The zero-order valence-electron chi connectivity index (χ0n) is 16.0. The van der Waals surface area contributed by atoms with E-state index < -0.39 is 22.3 Å². The molecule has 0 saturated heterocycles. The summed E-state index contributed by atoms with van der Waals surface area (Å²) >= 11 is 2.46. The van der Waals surface area contributed by atoms with Crippen LogP contribution in [0.15, 0.2) is 16.5 Å². The van der Waals surface area contributed by atoms with Crippen molar-refractivity contribution in [2.45, 2.75) is 66.8 Å². The summed E-state index contributed by atoms with van der Waals surface area (Å²) in [5.74, 6) is -0.843. The van der Waals surface area contributed by atoms with E-state index in [-0.39, 0.29) is 6.61 Å². The second-order valence-corrected chi connectivity index (χ2v) is 8.55. The Bertz CT molecular complexity index is 829. The third-order valence-electron chi connectivity index (χ3n) is 4.10. The van der Waals surface area contributed by atoms with Crippen molar-refractivity contribution in [1.82, 2.24) is 19.5 Å². The van der Waals surface area contributed by atoms with Gasteiger partial charge in [0.25, 0.3) is 0 Å². The minimum Gasteiger partial charge on any atom is -0.396 e. The van der Waals surface area contributed by atoms with Gasteiger partial charge in [0.2, 0.25) is 11.8 Å². The molecule has 2 aromatic rings. The predicted molar refractivity (Wildman–Crippen MR) is 110 cm³/mol. The number of primary amides is 2. The number of imidazole rings is 1. The summed E-state index contributed by atoms with van der Waals surface area (Å²) in [7, 11) is 0. The Hall–Kier alpha value is -1.85. The van der Waals surface area contributed by atoms with Crippen LogP contribution in [0.5, 0.6) is 0 Å². The molecular formula is C17H26N6O3S2. The lowest BCUT2D eigenvalue weighted by Crippen LogP contribution is -2.25. The van der Waals surface area contributed by atoms with E-state index in [0.717, 1.165) is 6.42 Å². The Morgan fingerprint density at radius 3 is 2.32 bits per heavy atom. The first-order valence-corrected chi connectivity index (χ1v) is 10.9. The summed E-state index contributed by atoms with van der Waals surface area (Å²) in [6.45, 7) is 4.51. The number of hydrogen-bond acceptors (Lipinski definition) is 8. The number of amides is 2. The number of rotatable bonds is 12. The van der Waals surface area contributed by atoms with E-state index >= 15 is 0 Å². The molecule has 0 radical (unpaired) electrons. The van der Waals surface area contributed by atoms with Crippen LogP contribution in [0.2, 0.25) is 0 Å². The molecule has 0 spiro atoms. The molecule has 0 aliphatic rings. The quantitative estimate of drug-likeness (QED) is 0.199. The maximum absolute atomic E-state index is 11.7. The number of aryl methyl sites for hydroxylation is 1. The van der Waals surface area contributed by atoms with E-state index in [1.807, 2.05) is 18.4 Å². The fourth-order valence-electron chi connectivity index (χ4n) is 2.54. The number of fused-ring (bicyclic) bond motifs is 1. The number of unbranched alkanes of at least 4 members (excludes halogenated alkanes) is 1. The molecule has 11 heteroatoms. The van der Waals surface area contributed by atoms with Crippen molar-refractivity contribution in [1.29, 1.82) is 0 Å². The van der Waals surface area contributed by atoms with E-state index in [2.05, 4.69) is 15.0 Å². The molecule has 5 N–H and O–H groups in total. The summed E-state index contributed by atoms with van der Waals surface area (Å²) < 4.78 is 1.89. The van der Waals surface area contributed by atoms with Gasteiger partial charge in [-0.1, -0.05) is 37.4 Å². The Balaban J connectivity index is 2.45. The predicted octanol–water partition coefficient (Wildman–Crippen LogP) is 1.31. The Morgan fingerprint density at radius 2 is 1.75 bits per heavy atom. The average molecular weight is 427 g/mol. The van der Waals surface area contributed by atoms with Crippen molar-refractivity contribution in [3.05, 3.63) is 6.33 Å². The van der Waals surface area contributed by atoms with Crippen LogP contribution in [0.4, 0.5) is 0 Å². The molecule has 0 saturated carbocycles. The van der Waals surface area contributed by atoms with Crippen molar-refractivity contribution in [3.8, 4) is 0 Å². The SMILES string of the molecule is CCC(Sc1nc(SC(CC)C(N)=O)c2ncn(CCCCO)c2n1)C(N)=O. The second kappa shape index (κ2) is 10.6. The molecule has 0 bridgehead atoms. The van der Waals surface area contributed by atoms with E-state index in [1.54, 1.807) is 6.33 Å². The molecular weight excluding hydrogens is 400 g/mol. The molecule has 9 nitrogen and oxygen atoms in total. The van der Waals surface area contributed by atoms with Gasteiger partial charge >= 0.3 is 0 Å². The van der Waals surface area contributed by atoms with Crippen LogP contribution < -0.4 is 11.5 Å². The first-order valence-electron chi connectivity index (χ1n) is 9.16. The maximum atomic E-state index is 11.7. The smallest absolute Gasteiger partial charge is 0.231 e. The number of thioether (sulfide) groups is 2. The van der Waals surface area contributed by atoms with Crippen LogP contribution in [-0.2, 0) is 16.1 Å². The molecule has 154 valence electrons. The first kappa shape index (κ1) is 22.4. The molecule has 2 heterocycles. The van der Waals surface area contributed by atoms with Gasteiger partial charge in [-0.3, -0.25) is 9.59 Å². The van der Waals surface area contributed by atoms with Crippen molar-refractivity contribution in [3.63, 3.8) is 0 Å². The van der Waals surface area contributed by atoms with Gasteiger partial charge in [-0.25, -0.2) is 15.0 Å². The highest BCUT2D eigenvalue weighted by atomic mass is 32.2. The number of aromatic nitrogens is 4. The highest BCUT2D eigenvalue weighted by Gasteiger charge is 2.23. The molecule has 0 aromatic carbocycles. The average Bonchev–Trinajstić information content (AvgIpc) is 3.06. The van der Waals surface area contributed by atoms with Gasteiger partial charge in [0.1, 0.15) is 10.5 Å². The van der Waals surface area contributed by atoms with E-state index in [0.29, 0.717) is 47.2 Å². The Kier molecular flexibility index (Phi) is 8.52. The monoisotopic (exact) mass is 426 g/mol. The first-order chi connectivity index (χ1) is 13.4. The number of carbonyl (C=O) groups is 2. The summed E-state index contributed by atoms with van der Waals surface area (Å²) in [6, 6.07) is 0. The molecule has 2 aromatic heterocycles. The third kappa shape index (κ3) is 5.58. The Labute approximate surface area is 172 Å². The van der Waals surface area contributed by atoms with E-state index in [4.69, 9.17) is 16.6 Å². The molecule has 2 atom stereocenters. The zero-order chi connectivity index (χ0) is 20.7. The topological polar surface area (TPSA) is 150 Å². The lowest BCUT2D eigenvalue weighted by Gasteiger charge is -2.13. The molecule has 28 heavy (non-hydrogen) atoms. The number of carbonyl (C=O) groups excluding carboxylic acids is 2. The number of aliphatic hydroxyl groups excluding tert-OH is 1. The normalized spacial score (nSPS) is 13.5. The van der Waals surface area contributed by atoms with Crippen molar-refractivity contribution in [2.75, 3.05) is 6.61 Å². The van der Waals surface area contributed by atoms with Gasteiger partial charge in [-0.05, 0) is 25.7 Å². The molecule has 2 amide bonds. The fourth-order valence-corrected chi connectivity index (χ4v) is 4.36. The number of nitrogens with two attached hydrogens (primary N) is 2. The molecule has 2 unspecified atom stereocenters. The highest BCUT2D eigenvalue weighted by molar-refractivity contribution is 8.01. The minimum absolute atomic E-state index is 0.122. The number of aliphatic hydroxyl groups is 1. The molecule has 2 rings (SSSR count). The Morgan fingerprint density at radius 1 is 1.11 bits per heavy atom. The maximum Gasteiger partial charge on any atom is 0.231 e.